The first-order valence-electron chi connectivity index (χ1n) is 15.9. The molecular formula is C35H44N4O3S. The first kappa shape index (κ1) is 28.7. The van der Waals surface area contributed by atoms with Crippen molar-refractivity contribution in [3.05, 3.63) is 47.5 Å². The van der Waals surface area contributed by atoms with Crippen molar-refractivity contribution in [2.45, 2.75) is 71.2 Å². The summed E-state index contributed by atoms with van der Waals surface area (Å²) in [4.78, 5) is 19.4. The Bertz CT molecular complexity index is 1680. The molecule has 0 bridgehead atoms. The summed E-state index contributed by atoms with van der Waals surface area (Å²) in [5.41, 5.74) is 12.1. The summed E-state index contributed by atoms with van der Waals surface area (Å²) in [5.74, 6) is 1.81. The molecule has 228 valence electrons. The monoisotopic (exact) mass is 600 g/mol. The third-order valence-corrected chi connectivity index (χ3v) is 11.6. The van der Waals surface area contributed by atoms with E-state index in [0.29, 0.717) is 18.2 Å². The fraction of sp³-hybridized carbons (Fsp3) is 0.514. The van der Waals surface area contributed by atoms with E-state index in [1.165, 1.54) is 45.6 Å². The van der Waals surface area contributed by atoms with Gasteiger partial charge in [-0.15, -0.1) is 11.3 Å². The molecule has 2 N–H and O–H groups in total. The molecule has 4 heterocycles. The number of benzene rings is 2. The molecule has 1 amide bonds. The number of carbonyl (C=O) groups excluding carboxylic acids is 1. The van der Waals surface area contributed by atoms with Crippen molar-refractivity contribution in [2.75, 3.05) is 38.8 Å². The van der Waals surface area contributed by atoms with Crippen molar-refractivity contribution >= 4 is 43.9 Å². The molecule has 1 aliphatic carbocycles. The van der Waals surface area contributed by atoms with Gasteiger partial charge in [0.1, 0.15) is 5.75 Å². The Morgan fingerprint density at radius 3 is 2.47 bits per heavy atom. The van der Waals surface area contributed by atoms with Crippen LogP contribution in [0.1, 0.15) is 55.5 Å². The van der Waals surface area contributed by atoms with Gasteiger partial charge in [-0.3, -0.25) is 4.79 Å². The number of piperidine rings is 1. The minimum atomic E-state index is -0.00347. The van der Waals surface area contributed by atoms with E-state index in [2.05, 4.69) is 60.6 Å². The Kier molecular flexibility index (Phi) is 7.43. The summed E-state index contributed by atoms with van der Waals surface area (Å²) in [6.07, 6.45) is 5.10. The number of likely N-dealkylation sites (tertiary alicyclic amines) is 1. The number of nitrogens with two attached hydrogens (primary N) is 1. The molecule has 2 aromatic carbocycles. The number of aryl methyl sites for hydroxylation is 1. The highest BCUT2D eigenvalue weighted by molar-refractivity contribution is 7.22. The van der Waals surface area contributed by atoms with Crippen LogP contribution < -0.4 is 15.4 Å². The van der Waals surface area contributed by atoms with Crippen LogP contribution in [-0.2, 0) is 11.3 Å². The third-order valence-electron chi connectivity index (χ3n) is 10.3. The molecular weight excluding hydrogens is 556 g/mol. The van der Waals surface area contributed by atoms with Gasteiger partial charge in [0.2, 0.25) is 0 Å². The van der Waals surface area contributed by atoms with E-state index in [-0.39, 0.29) is 23.9 Å². The summed E-state index contributed by atoms with van der Waals surface area (Å²) in [7, 11) is 3.53. The molecule has 2 aromatic heterocycles. The van der Waals surface area contributed by atoms with Crippen LogP contribution in [0.15, 0.2) is 36.4 Å². The SMILES string of the molecule is COc1cc(C(=O)N2CC(C)C(N)C2C)cc2sc(-c3cc4ccc(N5CCC(OC)CC5)cc4n3CC3CC3)c(C)c12. The highest BCUT2D eigenvalue weighted by Gasteiger charge is 2.37. The fourth-order valence-electron chi connectivity index (χ4n) is 7.32. The van der Waals surface area contributed by atoms with E-state index >= 15 is 0 Å². The largest absolute Gasteiger partial charge is 0.496 e. The predicted molar refractivity (Wildman–Crippen MR) is 177 cm³/mol. The molecule has 3 aliphatic rings. The van der Waals surface area contributed by atoms with Crippen LogP contribution in [0.4, 0.5) is 5.69 Å². The molecule has 3 atom stereocenters. The smallest absolute Gasteiger partial charge is 0.254 e. The number of ether oxygens (including phenoxy) is 2. The van der Waals surface area contributed by atoms with Crippen molar-refractivity contribution < 1.29 is 14.3 Å². The van der Waals surface area contributed by atoms with Gasteiger partial charge in [0.05, 0.1) is 29.3 Å². The second kappa shape index (κ2) is 11.1. The zero-order valence-corrected chi connectivity index (χ0v) is 26.9. The molecule has 1 saturated carbocycles. The lowest BCUT2D eigenvalue weighted by atomic mass is 10.0. The molecule has 3 fully saturated rings. The first-order chi connectivity index (χ1) is 20.8. The quantitative estimate of drug-likeness (QED) is 0.256. The second-order valence-corrected chi connectivity index (χ2v) is 14.2. The Morgan fingerprint density at radius 2 is 1.81 bits per heavy atom. The lowest BCUT2D eigenvalue weighted by Crippen LogP contribution is -2.40. The number of hydrogen-bond donors (Lipinski definition) is 1. The third kappa shape index (κ3) is 5.01. The van der Waals surface area contributed by atoms with Gasteiger partial charge in [-0.2, -0.15) is 0 Å². The second-order valence-electron chi connectivity index (χ2n) is 13.1. The molecule has 4 aromatic rings. The zero-order valence-electron chi connectivity index (χ0n) is 26.1. The number of aromatic nitrogens is 1. The van der Waals surface area contributed by atoms with Crippen LogP contribution in [0.5, 0.6) is 5.75 Å². The minimum Gasteiger partial charge on any atom is -0.496 e. The number of nitrogens with zero attached hydrogens (tertiary/aromatic N) is 3. The molecule has 8 heteroatoms. The van der Waals surface area contributed by atoms with Gasteiger partial charge in [0, 0.05) is 72.1 Å². The van der Waals surface area contributed by atoms with Gasteiger partial charge in [0.15, 0.2) is 0 Å². The predicted octanol–water partition coefficient (Wildman–Crippen LogP) is 6.67. The average Bonchev–Trinajstić information content (AvgIpc) is 3.63. The lowest BCUT2D eigenvalue weighted by Gasteiger charge is -2.33. The van der Waals surface area contributed by atoms with Gasteiger partial charge < -0.3 is 29.6 Å². The van der Waals surface area contributed by atoms with Crippen LogP contribution in [0.3, 0.4) is 0 Å². The summed E-state index contributed by atoms with van der Waals surface area (Å²) in [5, 5.41) is 2.38. The number of methoxy groups -OCH3 is 2. The summed E-state index contributed by atoms with van der Waals surface area (Å²) < 4.78 is 15.2. The molecule has 7 nitrogen and oxygen atoms in total. The number of fused-ring (bicyclic) bond motifs is 2. The van der Waals surface area contributed by atoms with Crippen molar-refractivity contribution in [2.24, 2.45) is 17.6 Å². The summed E-state index contributed by atoms with van der Waals surface area (Å²) >= 11 is 1.77. The molecule has 2 saturated heterocycles. The number of amides is 1. The molecule has 0 radical (unpaired) electrons. The maximum atomic E-state index is 13.7. The minimum absolute atomic E-state index is 0.00347. The number of hydrogen-bond acceptors (Lipinski definition) is 6. The Hall–Kier alpha value is -3.07. The number of carbonyl (C=O) groups is 1. The van der Waals surface area contributed by atoms with Crippen LogP contribution in [0, 0.1) is 18.8 Å². The molecule has 0 spiro atoms. The number of anilines is 1. The average molecular weight is 601 g/mol. The van der Waals surface area contributed by atoms with Crippen LogP contribution >= 0.6 is 11.3 Å². The number of thiophene rings is 1. The van der Waals surface area contributed by atoms with E-state index in [4.69, 9.17) is 15.2 Å². The van der Waals surface area contributed by atoms with Gasteiger partial charge in [-0.25, -0.2) is 0 Å². The van der Waals surface area contributed by atoms with Gasteiger partial charge in [0.25, 0.3) is 5.91 Å². The normalized spacial score (nSPS) is 23.2. The standard InChI is InChI=1S/C35H44N4O3S/c1-20-18-38(22(3)33(20)36)35(40)25-15-30(42-5)32-21(2)34(43-31(32)16-25)29-14-24-8-9-26(37-12-10-27(41-4)11-13-37)17-28(24)39(29)19-23-6-7-23/h8-9,14-17,20,22-23,27,33H,6-7,10-13,18-19,36H2,1-5H3. The topological polar surface area (TPSA) is 73.0 Å². The van der Waals surface area contributed by atoms with E-state index in [1.807, 2.05) is 18.1 Å². The summed E-state index contributed by atoms with van der Waals surface area (Å²) in [6.45, 7) is 10.2. The van der Waals surface area contributed by atoms with E-state index in [1.54, 1.807) is 18.4 Å². The highest BCUT2D eigenvalue weighted by atomic mass is 32.1. The van der Waals surface area contributed by atoms with Crippen LogP contribution in [0.2, 0.25) is 0 Å². The Labute approximate surface area is 258 Å². The van der Waals surface area contributed by atoms with Crippen molar-refractivity contribution in [3.8, 4) is 16.3 Å². The first-order valence-corrected chi connectivity index (χ1v) is 16.7. The van der Waals surface area contributed by atoms with Crippen molar-refractivity contribution in [3.63, 3.8) is 0 Å². The summed E-state index contributed by atoms with van der Waals surface area (Å²) in [6, 6.07) is 13.3. The highest BCUT2D eigenvalue weighted by Crippen LogP contribution is 2.46. The van der Waals surface area contributed by atoms with Crippen molar-refractivity contribution in [1.29, 1.82) is 0 Å². The molecule has 7 rings (SSSR count). The molecule has 43 heavy (non-hydrogen) atoms. The van der Waals surface area contributed by atoms with E-state index in [0.717, 1.165) is 54.2 Å². The van der Waals surface area contributed by atoms with E-state index < -0.39 is 0 Å². The Balaban J connectivity index is 1.30. The lowest BCUT2D eigenvalue weighted by molar-refractivity contribution is 0.0739. The molecule has 2 aliphatic heterocycles. The molecule has 3 unspecified atom stereocenters. The van der Waals surface area contributed by atoms with E-state index in [9.17, 15) is 4.79 Å². The van der Waals surface area contributed by atoms with Gasteiger partial charge in [-0.1, -0.05) is 13.0 Å². The van der Waals surface area contributed by atoms with Gasteiger partial charge >= 0.3 is 0 Å². The Morgan fingerprint density at radius 1 is 1.05 bits per heavy atom. The zero-order chi connectivity index (χ0) is 30.0. The fourth-order valence-corrected chi connectivity index (χ4v) is 8.61. The van der Waals surface area contributed by atoms with Gasteiger partial charge in [-0.05, 0) is 87.3 Å². The maximum Gasteiger partial charge on any atom is 0.254 e. The van der Waals surface area contributed by atoms with Crippen molar-refractivity contribution in [1.82, 2.24) is 9.47 Å². The van der Waals surface area contributed by atoms with Crippen LogP contribution in [-0.4, -0.2) is 67.4 Å². The van der Waals surface area contributed by atoms with Crippen LogP contribution in [0.25, 0.3) is 31.6 Å². The number of rotatable bonds is 7. The maximum absolute atomic E-state index is 13.7.